The summed E-state index contributed by atoms with van der Waals surface area (Å²) in [6.07, 6.45) is 4.49. The van der Waals surface area contributed by atoms with Gasteiger partial charge in [-0.25, -0.2) is 4.98 Å². The fourth-order valence-corrected chi connectivity index (χ4v) is 2.30. The summed E-state index contributed by atoms with van der Waals surface area (Å²) < 4.78 is 5.45. The molecular weight excluding hydrogens is 252 g/mol. The zero-order chi connectivity index (χ0) is 14.0. The van der Waals surface area contributed by atoms with Crippen LogP contribution in [0, 0.1) is 0 Å². The maximum absolute atomic E-state index is 6.02. The van der Waals surface area contributed by atoms with Gasteiger partial charge in [-0.2, -0.15) is 0 Å². The Hall–Kier alpha value is -2.14. The first-order valence-corrected chi connectivity index (χ1v) is 6.69. The van der Waals surface area contributed by atoms with Crippen molar-refractivity contribution in [1.29, 1.82) is 0 Å². The summed E-state index contributed by atoms with van der Waals surface area (Å²) in [5, 5.41) is 3.41. The first-order valence-electron chi connectivity index (χ1n) is 6.69. The first kappa shape index (κ1) is 12.9. The van der Waals surface area contributed by atoms with Crippen molar-refractivity contribution in [3.8, 4) is 11.3 Å². The van der Waals surface area contributed by atoms with E-state index >= 15 is 0 Å². The smallest absolute Gasteiger partial charge is 0.150 e. The van der Waals surface area contributed by atoms with Crippen LogP contribution in [0.1, 0.15) is 13.3 Å². The van der Waals surface area contributed by atoms with E-state index in [1.807, 2.05) is 24.3 Å². The van der Waals surface area contributed by atoms with E-state index in [1.54, 1.807) is 12.4 Å². The van der Waals surface area contributed by atoms with Crippen molar-refractivity contribution in [3.05, 3.63) is 36.7 Å². The Kier molecular flexibility index (Phi) is 3.28. The Morgan fingerprint density at radius 3 is 2.95 bits per heavy atom. The molecule has 0 saturated carbocycles. The van der Waals surface area contributed by atoms with E-state index in [2.05, 4.69) is 22.2 Å². The largest absolute Gasteiger partial charge is 0.396 e. The summed E-state index contributed by atoms with van der Waals surface area (Å²) in [5.41, 5.74) is 8.40. The Labute approximate surface area is 118 Å². The molecule has 3 heterocycles. The van der Waals surface area contributed by atoms with Gasteiger partial charge in [-0.15, -0.1) is 0 Å². The number of aromatic nitrogens is 2. The molecule has 2 aromatic heterocycles. The number of nitrogens with one attached hydrogen (secondary N) is 1. The maximum Gasteiger partial charge on any atom is 0.150 e. The van der Waals surface area contributed by atoms with Crippen LogP contribution in [-0.2, 0) is 4.74 Å². The predicted molar refractivity (Wildman–Crippen MR) is 79.3 cm³/mol. The molecule has 104 valence electrons. The Balaban J connectivity index is 1.91. The number of hydrogen-bond acceptors (Lipinski definition) is 5. The molecule has 0 bridgehead atoms. The lowest BCUT2D eigenvalue weighted by atomic mass is 10.0. The van der Waals surface area contributed by atoms with Crippen molar-refractivity contribution < 1.29 is 4.74 Å². The topological polar surface area (TPSA) is 73.1 Å². The molecule has 20 heavy (non-hydrogen) atoms. The molecule has 0 spiro atoms. The molecular formula is C15H18N4O. The summed E-state index contributed by atoms with van der Waals surface area (Å²) in [6, 6.07) is 7.66. The third kappa shape index (κ3) is 2.58. The highest BCUT2D eigenvalue weighted by atomic mass is 16.5. The van der Waals surface area contributed by atoms with Crippen LogP contribution in [0.2, 0.25) is 0 Å². The molecule has 1 fully saturated rings. The van der Waals surface area contributed by atoms with Gasteiger partial charge in [-0.3, -0.25) is 4.98 Å². The minimum absolute atomic E-state index is 0.102. The van der Waals surface area contributed by atoms with Crippen LogP contribution < -0.4 is 11.1 Å². The van der Waals surface area contributed by atoms with Crippen LogP contribution in [-0.4, -0.2) is 28.7 Å². The molecule has 3 N–H and O–H groups in total. The standard InChI is InChI=1S/C15H18N4O/c1-15(6-8-20-10-15)19-14-12(16)4-5-13(18-14)11-3-2-7-17-9-11/h2-5,7,9H,6,8,10,16H2,1H3,(H,18,19). The third-order valence-corrected chi connectivity index (χ3v) is 3.52. The molecule has 2 aromatic rings. The second-order valence-corrected chi connectivity index (χ2v) is 5.36. The monoisotopic (exact) mass is 270 g/mol. The highest BCUT2D eigenvalue weighted by Crippen LogP contribution is 2.28. The molecule has 1 saturated heterocycles. The van der Waals surface area contributed by atoms with E-state index in [4.69, 9.17) is 10.5 Å². The van der Waals surface area contributed by atoms with E-state index in [9.17, 15) is 0 Å². The van der Waals surface area contributed by atoms with Crippen molar-refractivity contribution in [2.75, 3.05) is 24.3 Å². The number of pyridine rings is 2. The number of nitrogens with two attached hydrogens (primary N) is 1. The van der Waals surface area contributed by atoms with Gasteiger partial charge in [0.25, 0.3) is 0 Å². The highest BCUT2D eigenvalue weighted by molar-refractivity contribution is 5.69. The summed E-state index contributed by atoms with van der Waals surface area (Å²) in [7, 11) is 0. The Bertz CT molecular complexity index is 594. The SMILES string of the molecule is CC1(Nc2nc(-c3cccnc3)ccc2N)CCOC1. The molecule has 1 aliphatic heterocycles. The number of anilines is 2. The number of nitrogens with zero attached hydrogens (tertiary/aromatic N) is 2. The Morgan fingerprint density at radius 1 is 1.35 bits per heavy atom. The molecule has 0 radical (unpaired) electrons. The minimum Gasteiger partial charge on any atom is -0.396 e. The quantitative estimate of drug-likeness (QED) is 0.895. The fraction of sp³-hybridized carbons (Fsp3) is 0.333. The molecule has 1 unspecified atom stereocenters. The van der Waals surface area contributed by atoms with Gasteiger partial charge >= 0.3 is 0 Å². The maximum atomic E-state index is 6.02. The first-order chi connectivity index (χ1) is 9.66. The molecule has 3 rings (SSSR count). The van der Waals surface area contributed by atoms with Gasteiger partial charge in [-0.1, -0.05) is 0 Å². The van der Waals surface area contributed by atoms with Crippen molar-refractivity contribution in [2.24, 2.45) is 0 Å². The third-order valence-electron chi connectivity index (χ3n) is 3.52. The van der Waals surface area contributed by atoms with Crippen LogP contribution in [0.3, 0.4) is 0 Å². The summed E-state index contributed by atoms with van der Waals surface area (Å²) in [4.78, 5) is 8.74. The summed E-state index contributed by atoms with van der Waals surface area (Å²) in [5.74, 6) is 0.708. The van der Waals surface area contributed by atoms with Crippen LogP contribution in [0.5, 0.6) is 0 Å². The second-order valence-electron chi connectivity index (χ2n) is 5.36. The van der Waals surface area contributed by atoms with E-state index in [0.29, 0.717) is 18.1 Å². The predicted octanol–water partition coefficient (Wildman–Crippen LogP) is 2.32. The fourth-order valence-electron chi connectivity index (χ4n) is 2.30. The van der Waals surface area contributed by atoms with E-state index < -0.39 is 0 Å². The molecule has 0 aliphatic carbocycles. The van der Waals surface area contributed by atoms with Gasteiger partial charge in [0.1, 0.15) is 5.82 Å². The van der Waals surface area contributed by atoms with Gasteiger partial charge in [0.2, 0.25) is 0 Å². The van der Waals surface area contributed by atoms with Crippen molar-refractivity contribution in [1.82, 2.24) is 9.97 Å². The van der Waals surface area contributed by atoms with Crippen LogP contribution in [0.25, 0.3) is 11.3 Å². The van der Waals surface area contributed by atoms with Crippen molar-refractivity contribution in [2.45, 2.75) is 18.9 Å². The van der Waals surface area contributed by atoms with Crippen LogP contribution >= 0.6 is 0 Å². The van der Waals surface area contributed by atoms with Gasteiger partial charge in [0.15, 0.2) is 0 Å². The molecule has 1 aliphatic rings. The van der Waals surface area contributed by atoms with Crippen LogP contribution in [0.15, 0.2) is 36.7 Å². The number of rotatable bonds is 3. The van der Waals surface area contributed by atoms with Gasteiger partial charge in [0.05, 0.1) is 23.5 Å². The molecule has 5 nitrogen and oxygen atoms in total. The highest BCUT2D eigenvalue weighted by Gasteiger charge is 2.30. The Morgan fingerprint density at radius 2 is 2.25 bits per heavy atom. The lowest BCUT2D eigenvalue weighted by Gasteiger charge is -2.25. The zero-order valence-corrected chi connectivity index (χ0v) is 11.5. The van der Waals surface area contributed by atoms with E-state index in [0.717, 1.165) is 24.3 Å². The lowest BCUT2D eigenvalue weighted by Crippen LogP contribution is -2.35. The molecule has 5 heteroatoms. The number of nitrogen functional groups attached to an aromatic ring is 1. The average molecular weight is 270 g/mol. The van der Waals surface area contributed by atoms with Gasteiger partial charge in [0, 0.05) is 24.6 Å². The molecule has 1 atom stereocenters. The van der Waals surface area contributed by atoms with E-state index in [1.165, 1.54) is 0 Å². The minimum atomic E-state index is -0.102. The normalized spacial score (nSPS) is 21.9. The second kappa shape index (κ2) is 5.09. The number of hydrogen-bond donors (Lipinski definition) is 2. The lowest BCUT2D eigenvalue weighted by molar-refractivity contribution is 0.185. The summed E-state index contributed by atoms with van der Waals surface area (Å²) >= 11 is 0. The summed E-state index contributed by atoms with van der Waals surface area (Å²) in [6.45, 7) is 3.56. The van der Waals surface area contributed by atoms with Gasteiger partial charge in [-0.05, 0) is 37.6 Å². The number of ether oxygens (including phenoxy) is 1. The molecule has 0 amide bonds. The zero-order valence-electron chi connectivity index (χ0n) is 11.5. The molecule has 0 aromatic carbocycles. The van der Waals surface area contributed by atoms with Crippen molar-refractivity contribution in [3.63, 3.8) is 0 Å². The van der Waals surface area contributed by atoms with Gasteiger partial charge < -0.3 is 15.8 Å². The van der Waals surface area contributed by atoms with Crippen LogP contribution in [0.4, 0.5) is 11.5 Å². The average Bonchev–Trinajstić information content (AvgIpc) is 2.89. The van der Waals surface area contributed by atoms with E-state index in [-0.39, 0.29) is 5.54 Å². The van der Waals surface area contributed by atoms with Crippen molar-refractivity contribution >= 4 is 11.5 Å².